The van der Waals surface area contributed by atoms with Gasteiger partial charge in [0.2, 0.25) is 0 Å². The Balaban J connectivity index is 1.50. The number of amides is 2. The van der Waals surface area contributed by atoms with Crippen LogP contribution in [0.2, 0.25) is 0 Å². The van der Waals surface area contributed by atoms with Gasteiger partial charge in [0.1, 0.15) is 0 Å². The zero-order valence-corrected chi connectivity index (χ0v) is 19.1. The van der Waals surface area contributed by atoms with E-state index in [9.17, 15) is 29.8 Å². The van der Waals surface area contributed by atoms with E-state index in [1.54, 1.807) is 36.4 Å². The summed E-state index contributed by atoms with van der Waals surface area (Å²) in [4.78, 5) is 46.4. The number of carbonyl (C=O) groups is 2. The predicted molar refractivity (Wildman–Crippen MR) is 138 cm³/mol. The molecule has 4 aromatic carbocycles. The molecule has 11 nitrogen and oxygen atoms in total. The average molecular weight is 497 g/mol. The summed E-state index contributed by atoms with van der Waals surface area (Å²) < 4.78 is 0. The maximum absolute atomic E-state index is 13.0. The Morgan fingerprint density at radius 2 is 1.14 bits per heavy atom. The second kappa shape index (κ2) is 10.8. The zero-order chi connectivity index (χ0) is 26.4. The fourth-order valence-corrected chi connectivity index (χ4v) is 3.45. The second-order valence-corrected chi connectivity index (χ2v) is 7.77. The smallest absolute Gasteiger partial charge is 0.277 e. The number of para-hydroxylation sites is 2. The summed E-state index contributed by atoms with van der Waals surface area (Å²) in [6, 6.07) is 25.4. The average Bonchev–Trinajstić information content (AvgIpc) is 2.90. The van der Waals surface area contributed by atoms with E-state index >= 15 is 0 Å². The first-order valence-corrected chi connectivity index (χ1v) is 10.9. The van der Waals surface area contributed by atoms with Crippen LogP contribution in [0, 0.1) is 20.2 Å². The van der Waals surface area contributed by atoms with Crippen molar-refractivity contribution in [3.05, 3.63) is 128 Å². The van der Waals surface area contributed by atoms with E-state index in [4.69, 9.17) is 0 Å². The van der Waals surface area contributed by atoms with Crippen molar-refractivity contribution in [3.8, 4) is 0 Å². The monoisotopic (exact) mass is 497 g/mol. The van der Waals surface area contributed by atoms with Crippen LogP contribution in [-0.2, 0) is 0 Å². The van der Waals surface area contributed by atoms with Gasteiger partial charge >= 0.3 is 0 Å². The van der Waals surface area contributed by atoms with Crippen LogP contribution in [0.4, 0.5) is 34.1 Å². The summed E-state index contributed by atoms with van der Waals surface area (Å²) in [5.74, 6) is -1.35. The second-order valence-electron chi connectivity index (χ2n) is 7.77. The van der Waals surface area contributed by atoms with E-state index in [0.29, 0.717) is 5.69 Å². The summed E-state index contributed by atoms with van der Waals surface area (Å²) in [7, 11) is 0. The lowest BCUT2D eigenvalue weighted by Gasteiger charge is -2.12. The molecule has 0 saturated carbocycles. The van der Waals surface area contributed by atoms with Crippen molar-refractivity contribution in [1.29, 1.82) is 0 Å². The van der Waals surface area contributed by atoms with Gasteiger partial charge in [0.05, 0.1) is 32.7 Å². The lowest BCUT2D eigenvalue weighted by Crippen LogP contribution is -2.18. The Hall–Kier alpha value is -5.58. The molecule has 0 aromatic heterocycles. The fourth-order valence-electron chi connectivity index (χ4n) is 3.45. The molecule has 0 saturated heterocycles. The summed E-state index contributed by atoms with van der Waals surface area (Å²) in [6.07, 6.45) is 0. The number of nitrogens with zero attached hydrogens (tertiary/aromatic N) is 2. The Bertz CT molecular complexity index is 1460. The molecule has 0 aliphatic rings. The minimum Gasteiger partial charge on any atom is -0.356 e. The number of non-ortho nitro benzene ring substituents is 2. The van der Waals surface area contributed by atoms with E-state index in [0.717, 1.165) is 29.6 Å². The van der Waals surface area contributed by atoms with Gasteiger partial charge in [0.25, 0.3) is 23.2 Å². The van der Waals surface area contributed by atoms with E-state index < -0.39 is 33.0 Å². The van der Waals surface area contributed by atoms with Crippen LogP contribution in [0.3, 0.4) is 0 Å². The van der Waals surface area contributed by atoms with Crippen LogP contribution in [0.5, 0.6) is 0 Å². The third-order valence-electron chi connectivity index (χ3n) is 5.21. The van der Waals surface area contributed by atoms with Crippen molar-refractivity contribution in [2.24, 2.45) is 0 Å². The van der Waals surface area contributed by atoms with Crippen molar-refractivity contribution >= 4 is 45.9 Å². The minimum absolute atomic E-state index is 0.126. The molecule has 0 radical (unpaired) electrons. The highest BCUT2D eigenvalue weighted by Gasteiger charge is 2.21. The maximum Gasteiger partial charge on any atom is 0.277 e. The van der Waals surface area contributed by atoms with Gasteiger partial charge in [-0.1, -0.05) is 30.3 Å². The molecule has 11 heteroatoms. The first-order chi connectivity index (χ1) is 17.8. The van der Waals surface area contributed by atoms with Gasteiger partial charge in [0.15, 0.2) is 0 Å². The Morgan fingerprint density at radius 3 is 1.76 bits per heavy atom. The Kier molecular flexibility index (Phi) is 7.15. The van der Waals surface area contributed by atoms with E-state index in [1.807, 2.05) is 30.3 Å². The van der Waals surface area contributed by atoms with Crippen LogP contribution >= 0.6 is 0 Å². The molecule has 4 rings (SSSR count). The summed E-state index contributed by atoms with van der Waals surface area (Å²) in [5.41, 5.74) is 1.01. The van der Waals surface area contributed by atoms with Crippen molar-refractivity contribution in [2.45, 2.75) is 0 Å². The Labute approximate surface area is 210 Å². The number of nitro groups is 2. The van der Waals surface area contributed by atoms with Crippen LogP contribution in [0.1, 0.15) is 20.7 Å². The van der Waals surface area contributed by atoms with E-state index in [2.05, 4.69) is 16.0 Å². The van der Waals surface area contributed by atoms with Crippen LogP contribution in [-0.4, -0.2) is 21.7 Å². The first kappa shape index (κ1) is 24.5. The van der Waals surface area contributed by atoms with E-state index in [-0.39, 0.29) is 16.8 Å². The topological polar surface area (TPSA) is 157 Å². The standard InChI is InChI=1S/C26H19N5O6/c32-25(17-14-21(30(34)35)16-22(15-17)31(36)37)29-24-9-5-4-8-23(24)26(33)28-20-12-10-19(11-13-20)27-18-6-2-1-3-7-18/h1-16,27H,(H,28,33)(H,29,32). The fraction of sp³-hybridized carbons (Fsp3) is 0. The van der Waals surface area contributed by atoms with Gasteiger partial charge in [-0.2, -0.15) is 0 Å². The highest BCUT2D eigenvalue weighted by Crippen LogP contribution is 2.25. The quantitative estimate of drug-likeness (QED) is 0.207. The molecule has 0 fully saturated rings. The normalized spacial score (nSPS) is 10.3. The molecule has 0 heterocycles. The van der Waals surface area contributed by atoms with Crippen molar-refractivity contribution in [2.75, 3.05) is 16.0 Å². The molecule has 184 valence electrons. The van der Waals surface area contributed by atoms with Gasteiger partial charge in [-0.25, -0.2) is 0 Å². The largest absolute Gasteiger partial charge is 0.356 e. The number of anilines is 4. The first-order valence-electron chi connectivity index (χ1n) is 10.9. The molecule has 4 aromatic rings. The molecule has 3 N–H and O–H groups in total. The van der Waals surface area contributed by atoms with Crippen LogP contribution in [0.15, 0.2) is 97.1 Å². The molecular weight excluding hydrogens is 478 g/mol. The molecular formula is C26H19N5O6. The number of benzene rings is 4. The summed E-state index contributed by atoms with van der Waals surface area (Å²) >= 11 is 0. The lowest BCUT2D eigenvalue weighted by molar-refractivity contribution is -0.394. The third kappa shape index (κ3) is 6.11. The molecule has 0 atom stereocenters. The summed E-state index contributed by atoms with van der Waals surface area (Å²) in [5, 5.41) is 30.8. The van der Waals surface area contributed by atoms with Gasteiger partial charge in [-0.15, -0.1) is 0 Å². The maximum atomic E-state index is 13.0. The molecule has 0 aliphatic carbocycles. The van der Waals surface area contributed by atoms with Crippen LogP contribution < -0.4 is 16.0 Å². The number of carbonyl (C=O) groups excluding carboxylic acids is 2. The summed E-state index contributed by atoms with van der Waals surface area (Å²) in [6.45, 7) is 0. The van der Waals surface area contributed by atoms with Gasteiger partial charge in [-0.05, 0) is 48.5 Å². The van der Waals surface area contributed by atoms with E-state index in [1.165, 1.54) is 12.1 Å². The SMILES string of the molecule is O=C(Nc1ccccc1C(=O)Nc1ccc(Nc2ccccc2)cc1)c1cc([N+](=O)[O-])cc([N+](=O)[O-])c1. The number of hydrogen-bond acceptors (Lipinski definition) is 7. The van der Waals surface area contributed by atoms with Gasteiger partial charge in [-0.3, -0.25) is 29.8 Å². The molecule has 37 heavy (non-hydrogen) atoms. The van der Waals surface area contributed by atoms with Crippen molar-refractivity contribution < 1.29 is 19.4 Å². The van der Waals surface area contributed by atoms with Gasteiger partial charge < -0.3 is 16.0 Å². The molecule has 0 aliphatic heterocycles. The molecule has 0 spiro atoms. The van der Waals surface area contributed by atoms with Crippen LogP contribution in [0.25, 0.3) is 0 Å². The van der Waals surface area contributed by atoms with Crippen molar-refractivity contribution in [1.82, 2.24) is 0 Å². The Morgan fingerprint density at radius 1 is 0.595 bits per heavy atom. The highest BCUT2D eigenvalue weighted by molar-refractivity contribution is 6.12. The van der Waals surface area contributed by atoms with Crippen molar-refractivity contribution in [3.63, 3.8) is 0 Å². The number of hydrogen-bond donors (Lipinski definition) is 3. The predicted octanol–water partition coefficient (Wildman–Crippen LogP) is 5.75. The number of rotatable bonds is 8. The third-order valence-corrected chi connectivity index (χ3v) is 5.21. The number of nitrogens with one attached hydrogen (secondary N) is 3. The van der Waals surface area contributed by atoms with Gasteiger partial charge in [0, 0.05) is 29.2 Å². The molecule has 0 bridgehead atoms. The minimum atomic E-state index is -0.844. The lowest BCUT2D eigenvalue weighted by atomic mass is 10.1. The number of nitro benzene ring substituents is 2. The molecule has 2 amide bonds. The molecule has 0 unspecified atom stereocenters. The zero-order valence-electron chi connectivity index (χ0n) is 19.1. The highest BCUT2D eigenvalue weighted by atomic mass is 16.6.